The van der Waals surface area contributed by atoms with Gasteiger partial charge in [0.25, 0.3) is 0 Å². The van der Waals surface area contributed by atoms with Crippen molar-refractivity contribution < 1.29 is 9.90 Å². The maximum absolute atomic E-state index is 12.1. The van der Waals surface area contributed by atoms with Gasteiger partial charge in [0.05, 0.1) is 5.60 Å². The molecule has 92 valence electrons. The molecule has 1 fully saturated rings. The van der Waals surface area contributed by atoms with Crippen molar-refractivity contribution in [2.75, 3.05) is 13.1 Å². The lowest BCUT2D eigenvalue weighted by atomic mass is 10.1. The van der Waals surface area contributed by atoms with Gasteiger partial charge in [0.1, 0.15) is 6.04 Å². The van der Waals surface area contributed by atoms with Crippen LogP contribution in [0, 0.1) is 0 Å². The van der Waals surface area contributed by atoms with Gasteiger partial charge in [-0.2, -0.15) is 0 Å². The lowest BCUT2D eigenvalue weighted by molar-refractivity contribution is -0.132. The van der Waals surface area contributed by atoms with Crippen LogP contribution in [0.15, 0.2) is 30.3 Å². The molecule has 1 heterocycles. The van der Waals surface area contributed by atoms with Crippen molar-refractivity contribution in [2.24, 2.45) is 5.73 Å². The van der Waals surface area contributed by atoms with E-state index in [9.17, 15) is 9.90 Å². The van der Waals surface area contributed by atoms with Crippen molar-refractivity contribution in [3.63, 3.8) is 0 Å². The van der Waals surface area contributed by atoms with Crippen molar-refractivity contribution in [3.8, 4) is 0 Å². The Bertz CT molecular complexity index is 403. The summed E-state index contributed by atoms with van der Waals surface area (Å²) in [5.41, 5.74) is 5.97. The summed E-state index contributed by atoms with van der Waals surface area (Å²) in [6.45, 7) is 2.69. The standard InChI is InChI=1S/C13H18N2O2/c1-13(17)7-8-15(9-13)12(16)11(14)10-5-3-2-4-6-10/h2-6,11,17H,7-9,14H2,1H3. The number of rotatable bonds is 2. The molecule has 1 aromatic rings. The van der Waals surface area contributed by atoms with E-state index in [1.165, 1.54) is 0 Å². The van der Waals surface area contributed by atoms with E-state index in [4.69, 9.17) is 5.73 Å². The van der Waals surface area contributed by atoms with Crippen LogP contribution in [0.5, 0.6) is 0 Å². The number of β-amino-alcohol motifs (C(OH)–C–C–N with tert-alkyl or cyclic N) is 1. The summed E-state index contributed by atoms with van der Waals surface area (Å²) in [6, 6.07) is 8.67. The van der Waals surface area contributed by atoms with Crippen LogP contribution in [-0.2, 0) is 4.79 Å². The Morgan fingerprint density at radius 3 is 2.65 bits per heavy atom. The Morgan fingerprint density at radius 1 is 1.47 bits per heavy atom. The summed E-state index contributed by atoms with van der Waals surface area (Å²) in [7, 11) is 0. The van der Waals surface area contributed by atoms with Crippen molar-refractivity contribution in [1.82, 2.24) is 4.90 Å². The van der Waals surface area contributed by atoms with E-state index in [0.717, 1.165) is 5.56 Å². The molecule has 3 N–H and O–H groups in total. The van der Waals surface area contributed by atoms with Crippen LogP contribution in [0.25, 0.3) is 0 Å². The van der Waals surface area contributed by atoms with E-state index in [1.807, 2.05) is 30.3 Å². The van der Waals surface area contributed by atoms with Crippen molar-refractivity contribution >= 4 is 5.91 Å². The van der Waals surface area contributed by atoms with Crippen LogP contribution < -0.4 is 5.73 Å². The molecule has 2 unspecified atom stereocenters. The molecular weight excluding hydrogens is 216 g/mol. The molecule has 1 saturated heterocycles. The minimum Gasteiger partial charge on any atom is -0.388 e. The van der Waals surface area contributed by atoms with Gasteiger partial charge in [-0.25, -0.2) is 0 Å². The van der Waals surface area contributed by atoms with Crippen molar-refractivity contribution in [1.29, 1.82) is 0 Å². The number of aliphatic hydroxyl groups is 1. The van der Waals surface area contributed by atoms with Gasteiger partial charge in [-0.15, -0.1) is 0 Å². The van der Waals surface area contributed by atoms with Crippen molar-refractivity contribution in [3.05, 3.63) is 35.9 Å². The average Bonchev–Trinajstić information content (AvgIpc) is 2.69. The van der Waals surface area contributed by atoms with Gasteiger partial charge in [0.2, 0.25) is 5.91 Å². The van der Waals surface area contributed by atoms with Crippen LogP contribution in [-0.4, -0.2) is 34.6 Å². The van der Waals surface area contributed by atoms with E-state index in [0.29, 0.717) is 19.5 Å². The summed E-state index contributed by atoms with van der Waals surface area (Å²) >= 11 is 0. The fourth-order valence-corrected chi connectivity index (χ4v) is 2.13. The molecule has 17 heavy (non-hydrogen) atoms. The second-order valence-corrected chi connectivity index (χ2v) is 4.90. The molecule has 0 bridgehead atoms. The predicted octanol–water partition coefficient (Wildman–Crippen LogP) is 0.670. The number of carbonyl (C=O) groups is 1. The zero-order chi connectivity index (χ0) is 12.5. The Balaban J connectivity index is 2.06. The largest absolute Gasteiger partial charge is 0.388 e. The van der Waals surface area contributed by atoms with E-state index in [-0.39, 0.29) is 5.91 Å². The predicted molar refractivity (Wildman–Crippen MR) is 65.2 cm³/mol. The Kier molecular flexibility index (Phi) is 3.17. The molecule has 4 heteroatoms. The number of benzene rings is 1. The van der Waals surface area contributed by atoms with Gasteiger partial charge >= 0.3 is 0 Å². The molecule has 4 nitrogen and oxygen atoms in total. The monoisotopic (exact) mass is 234 g/mol. The first-order chi connectivity index (χ1) is 7.99. The molecule has 1 aliphatic rings. The number of hydrogen-bond acceptors (Lipinski definition) is 3. The number of nitrogens with two attached hydrogens (primary N) is 1. The van der Waals surface area contributed by atoms with Gasteiger partial charge in [-0.05, 0) is 18.9 Å². The van der Waals surface area contributed by atoms with Gasteiger partial charge in [-0.3, -0.25) is 4.79 Å². The number of likely N-dealkylation sites (tertiary alicyclic amines) is 1. The lowest BCUT2D eigenvalue weighted by Crippen LogP contribution is -2.39. The topological polar surface area (TPSA) is 66.6 Å². The fourth-order valence-electron chi connectivity index (χ4n) is 2.13. The molecule has 0 radical (unpaired) electrons. The first-order valence-corrected chi connectivity index (χ1v) is 5.81. The quantitative estimate of drug-likeness (QED) is 0.790. The third-order valence-corrected chi connectivity index (χ3v) is 3.19. The molecular formula is C13H18N2O2. The van der Waals surface area contributed by atoms with E-state index >= 15 is 0 Å². The molecule has 2 atom stereocenters. The maximum Gasteiger partial charge on any atom is 0.244 e. The highest BCUT2D eigenvalue weighted by molar-refractivity contribution is 5.83. The molecule has 1 aliphatic heterocycles. The zero-order valence-electron chi connectivity index (χ0n) is 9.97. The summed E-state index contributed by atoms with van der Waals surface area (Å²) in [5.74, 6) is -0.117. The van der Waals surface area contributed by atoms with Gasteiger partial charge in [-0.1, -0.05) is 30.3 Å². The maximum atomic E-state index is 12.1. The number of hydrogen-bond donors (Lipinski definition) is 2. The third kappa shape index (κ3) is 2.65. The highest BCUT2D eigenvalue weighted by atomic mass is 16.3. The smallest absolute Gasteiger partial charge is 0.244 e. The fraction of sp³-hybridized carbons (Fsp3) is 0.462. The highest BCUT2D eigenvalue weighted by Gasteiger charge is 2.35. The van der Waals surface area contributed by atoms with Crippen molar-refractivity contribution in [2.45, 2.75) is 25.0 Å². The normalized spacial score (nSPS) is 25.9. The number of amides is 1. The molecule has 1 aromatic carbocycles. The Labute approximate surface area is 101 Å². The van der Waals surface area contributed by atoms with Gasteiger partial charge in [0.15, 0.2) is 0 Å². The van der Waals surface area contributed by atoms with E-state index in [1.54, 1.807) is 11.8 Å². The Hall–Kier alpha value is -1.39. The third-order valence-electron chi connectivity index (χ3n) is 3.19. The summed E-state index contributed by atoms with van der Waals surface area (Å²) < 4.78 is 0. The van der Waals surface area contributed by atoms with Crippen LogP contribution in [0.2, 0.25) is 0 Å². The minimum absolute atomic E-state index is 0.117. The van der Waals surface area contributed by atoms with Gasteiger partial charge < -0.3 is 15.7 Å². The highest BCUT2D eigenvalue weighted by Crippen LogP contribution is 2.23. The molecule has 0 aromatic heterocycles. The average molecular weight is 234 g/mol. The summed E-state index contributed by atoms with van der Waals surface area (Å²) in [4.78, 5) is 13.8. The summed E-state index contributed by atoms with van der Waals surface area (Å²) in [6.07, 6.45) is 0.611. The molecule has 1 amide bonds. The first kappa shape index (κ1) is 12.1. The molecule has 0 aliphatic carbocycles. The molecule has 2 rings (SSSR count). The summed E-state index contributed by atoms with van der Waals surface area (Å²) in [5, 5.41) is 9.83. The second-order valence-electron chi connectivity index (χ2n) is 4.90. The second kappa shape index (κ2) is 4.47. The number of carbonyl (C=O) groups excluding carboxylic acids is 1. The first-order valence-electron chi connectivity index (χ1n) is 5.81. The van der Waals surface area contributed by atoms with E-state index < -0.39 is 11.6 Å². The SMILES string of the molecule is CC1(O)CCN(C(=O)C(N)c2ccccc2)C1. The van der Waals surface area contributed by atoms with Crippen LogP contribution in [0.3, 0.4) is 0 Å². The Morgan fingerprint density at radius 2 is 2.12 bits per heavy atom. The van der Waals surface area contributed by atoms with Crippen LogP contribution >= 0.6 is 0 Å². The van der Waals surface area contributed by atoms with Gasteiger partial charge in [0, 0.05) is 13.1 Å². The molecule has 0 saturated carbocycles. The van der Waals surface area contributed by atoms with Crippen LogP contribution in [0.4, 0.5) is 0 Å². The minimum atomic E-state index is -0.772. The van der Waals surface area contributed by atoms with E-state index in [2.05, 4.69) is 0 Å². The molecule has 0 spiro atoms. The lowest BCUT2D eigenvalue weighted by Gasteiger charge is -2.22. The van der Waals surface area contributed by atoms with Crippen LogP contribution in [0.1, 0.15) is 24.9 Å². The number of nitrogens with zero attached hydrogens (tertiary/aromatic N) is 1. The zero-order valence-corrected chi connectivity index (χ0v) is 9.97.